The van der Waals surface area contributed by atoms with Gasteiger partial charge in [-0.15, -0.1) is 0 Å². The molecule has 0 aromatic heterocycles. The Balaban J connectivity index is -0.000000598. The second-order valence-electron chi connectivity index (χ2n) is 6.83. The third kappa shape index (κ3) is 9.75. The van der Waals surface area contributed by atoms with Gasteiger partial charge < -0.3 is 20.1 Å². The van der Waals surface area contributed by atoms with Gasteiger partial charge in [-0.25, -0.2) is 0 Å². The number of benzene rings is 1. The van der Waals surface area contributed by atoms with Crippen LogP contribution < -0.4 is 69.3 Å². The normalized spacial score (nSPS) is 10.3. The molecule has 0 aliphatic rings. The van der Waals surface area contributed by atoms with Crippen LogP contribution in [0.4, 0.5) is 4.79 Å². The molecule has 0 saturated carbocycles. The molecule has 0 atom stereocenters. The van der Waals surface area contributed by atoms with Crippen LogP contribution in [0.3, 0.4) is 0 Å². The van der Waals surface area contributed by atoms with Gasteiger partial charge in [0.05, 0.1) is 5.56 Å². The van der Waals surface area contributed by atoms with E-state index in [-0.39, 0.29) is 75.7 Å². The molecule has 118 valence electrons. The van der Waals surface area contributed by atoms with Gasteiger partial charge in [-0.3, -0.25) is 4.79 Å². The van der Waals surface area contributed by atoms with Crippen molar-refractivity contribution in [2.24, 2.45) is 0 Å². The molecule has 1 rings (SSSR count). The minimum atomic E-state index is -2.33. The maximum atomic E-state index is 11.0. The molecule has 0 unspecified atom stereocenters. The molecule has 0 radical (unpaired) electrons. The van der Waals surface area contributed by atoms with Crippen molar-refractivity contribution in [2.45, 2.75) is 52.4 Å². The van der Waals surface area contributed by atoms with Crippen molar-refractivity contribution >= 4 is 12.4 Å². The first-order valence-corrected chi connectivity index (χ1v) is 6.52. The van der Waals surface area contributed by atoms with E-state index < -0.39 is 6.16 Å². The van der Waals surface area contributed by atoms with E-state index in [0.717, 1.165) is 17.4 Å². The Morgan fingerprint density at radius 1 is 1.00 bits per heavy atom. The van der Waals surface area contributed by atoms with Crippen LogP contribution in [0.5, 0.6) is 5.75 Å². The van der Waals surface area contributed by atoms with Gasteiger partial charge in [0.2, 0.25) is 0 Å². The van der Waals surface area contributed by atoms with Gasteiger partial charge in [0.25, 0.3) is 0 Å². The Labute approximate surface area is 182 Å². The van der Waals surface area contributed by atoms with Crippen LogP contribution in [0, 0.1) is 0 Å². The summed E-state index contributed by atoms with van der Waals surface area (Å²) in [7, 11) is 0. The van der Waals surface area contributed by atoms with Gasteiger partial charge in [-0.05, 0) is 28.6 Å². The van der Waals surface area contributed by atoms with Gasteiger partial charge in [0.15, 0.2) is 6.29 Å². The molecule has 1 aromatic carbocycles. The van der Waals surface area contributed by atoms with Crippen molar-refractivity contribution in [3.63, 3.8) is 0 Å². The van der Waals surface area contributed by atoms with E-state index >= 15 is 0 Å². The first kappa shape index (κ1) is 27.8. The average molecular weight is 340 g/mol. The van der Waals surface area contributed by atoms with Crippen LogP contribution in [0.25, 0.3) is 0 Å². The second kappa shape index (κ2) is 10.7. The number of carboxylic acid groups (broad SMARTS) is 2. The van der Waals surface area contributed by atoms with Crippen LogP contribution in [0.1, 0.15) is 63.0 Å². The zero-order valence-corrected chi connectivity index (χ0v) is 19.3. The monoisotopic (exact) mass is 340 g/mol. The molecule has 23 heavy (non-hydrogen) atoms. The predicted molar refractivity (Wildman–Crippen MR) is 76.3 cm³/mol. The molecular weight excluding hydrogens is 318 g/mol. The summed E-state index contributed by atoms with van der Waals surface area (Å²) in [6.45, 7) is 12.4. The molecule has 7 heteroatoms. The van der Waals surface area contributed by atoms with E-state index in [2.05, 4.69) is 20.8 Å². The molecule has 1 aromatic rings. The SMILES string of the molecule is CC(C)(C)c1cc(C=O)c(O)c(C(C)(C)C)c1.O=C([O-])[O-].[Na+].[Na+]. The Kier molecular flexibility index (Phi) is 13.0. The number of carbonyl (C=O) groups is 2. The molecule has 0 aliphatic carbocycles. The van der Waals surface area contributed by atoms with Crippen LogP contribution >= 0.6 is 0 Å². The molecule has 0 spiro atoms. The van der Waals surface area contributed by atoms with Crippen LogP contribution in [0.15, 0.2) is 12.1 Å². The van der Waals surface area contributed by atoms with Crippen LogP contribution in [-0.2, 0) is 10.8 Å². The second-order valence-corrected chi connectivity index (χ2v) is 6.83. The summed E-state index contributed by atoms with van der Waals surface area (Å²) < 4.78 is 0. The minimum Gasteiger partial charge on any atom is -0.652 e. The third-order valence-corrected chi connectivity index (χ3v) is 2.94. The zero-order chi connectivity index (χ0) is 17.0. The Bertz CT molecular complexity index is 524. The maximum Gasteiger partial charge on any atom is 1.00 e. The van der Waals surface area contributed by atoms with Crippen LogP contribution in [-0.4, -0.2) is 17.5 Å². The number of hydrogen-bond acceptors (Lipinski definition) is 5. The summed E-state index contributed by atoms with van der Waals surface area (Å²) in [6.07, 6.45) is -1.61. The number of rotatable bonds is 1. The van der Waals surface area contributed by atoms with Gasteiger partial charge in [0, 0.05) is 5.56 Å². The summed E-state index contributed by atoms with van der Waals surface area (Å²) in [5.74, 6) is 0.112. The van der Waals surface area contributed by atoms with E-state index in [9.17, 15) is 9.90 Å². The third-order valence-electron chi connectivity index (χ3n) is 2.94. The molecular formula is C16H22Na2O5. The number of aromatic hydroxyl groups is 1. The number of phenols is 1. The average Bonchev–Trinajstić information content (AvgIpc) is 2.25. The predicted octanol–water partition coefficient (Wildman–Crippen LogP) is -4.64. The summed E-state index contributed by atoms with van der Waals surface area (Å²) in [5, 5.41) is 26.8. The van der Waals surface area contributed by atoms with Crippen molar-refractivity contribution in [3.05, 3.63) is 28.8 Å². The molecule has 0 heterocycles. The molecule has 0 bridgehead atoms. The fraction of sp³-hybridized carbons (Fsp3) is 0.500. The Morgan fingerprint density at radius 3 is 1.65 bits per heavy atom. The van der Waals surface area contributed by atoms with Crippen molar-refractivity contribution < 1.29 is 84.0 Å². The zero-order valence-electron chi connectivity index (χ0n) is 15.3. The van der Waals surface area contributed by atoms with E-state index in [4.69, 9.17) is 15.0 Å². The van der Waals surface area contributed by atoms with E-state index in [1.807, 2.05) is 26.8 Å². The number of carbonyl (C=O) groups excluding carboxylic acids is 2. The number of aldehydes is 1. The van der Waals surface area contributed by atoms with E-state index in [1.54, 1.807) is 6.07 Å². The van der Waals surface area contributed by atoms with Gasteiger partial charge >= 0.3 is 59.1 Å². The minimum absolute atomic E-state index is 0. The first-order chi connectivity index (χ1) is 9.30. The number of hydrogen-bond donors (Lipinski definition) is 1. The Morgan fingerprint density at radius 2 is 1.39 bits per heavy atom. The summed E-state index contributed by atoms with van der Waals surface area (Å²) in [4.78, 5) is 19.4. The molecule has 0 amide bonds. The molecule has 0 aliphatic heterocycles. The maximum absolute atomic E-state index is 11.0. The standard InChI is InChI=1S/C15H22O2.CH2O3.2Na/c1-14(2,3)11-7-10(9-16)13(17)12(8-11)15(4,5)6;2-1(3)4;;/h7-9,17H,1-6H3;(H2,2,3,4);;/q;;2*+1/p-2. The fourth-order valence-electron chi connectivity index (χ4n) is 1.75. The summed E-state index contributed by atoms with van der Waals surface area (Å²) in [5.41, 5.74) is 2.06. The molecule has 0 fully saturated rings. The van der Waals surface area contributed by atoms with E-state index in [1.165, 1.54) is 0 Å². The summed E-state index contributed by atoms with van der Waals surface area (Å²) in [6, 6.07) is 3.78. The van der Waals surface area contributed by atoms with Crippen LogP contribution in [0.2, 0.25) is 0 Å². The molecule has 1 N–H and O–H groups in total. The molecule has 5 nitrogen and oxygen atoms in total. The van der Waals surface area contributed by atoms with Crippen molar-refractivity contribution in [3.8, 4) is 5.75 Å². The number of phenolic OH excluding ortho intramolecular Hbond substituents is 1. The van der Waals surface area contributed by atoms with Gasteiger partial charge in [-0.1, -0.05) is 47.6 Å². The van der Waals surface area contributed by atoms with Crippen molar-refractivity contribution in [1.29, 1.82) is 0 Å². The first-order valence-electron chi connectivity index (χ1n) is 6.52. The van der Waals surface area contributed by atoms with E-state index in [0.29, 0.717) is 5.56 Å². The van der Waals surface area contributed by atoms with Crippen molar-refractivity contribution in [2.75, 3.05) is 0 Å². The topological polar surface area (TPSA) is 100 Å². The van der Waals surface area contributed by atoms with Gasteiger partial charge in [0.1, 0.15) is 5.75 Å². The quantitative estimate of drug-likeness (QED) is 0.409. The molecule has 0 saturated heterocycles. The van der Waals surface area contributed by atoms with Crippen molar-refractivity contribution in [1.82, 2.24) is 0 Å². The Hall–Kier alpha value is -0.0400. The smallest absolute Gasteiger partial charge is 0.652 e. The fourth-order valence-corrected chi connectivity index (χ4v) is 1.75. The van der Waals surface area contributed by atoms with Gasteiger partial charge in [-0.2, -0.15) is 0 Å². The summed E-state index contributed by atoms with van der Waals surface area (Å²) >= 11 is 0. The largest absolute Gasteiger partial charge is 1.00 e.